The second kappa shape index (κ2) is 6.22. The van der Waals surface area contributed by atoms with Crippen molar-refractivity contribution in [2.24, 2.45) is 5.92 Å². The maximum atomic E-state index is 11.6. The van der Waals surface area contributed by atoms with E-state index in [9.17, 15) is 9.59 Å². The lowest BCUT2D eigenvalue weighted by atomic mass is 10.1. The average Bonchev–Trinajstić information content (AvgIpc) is 2.86. The van der Waals surface area contributed by atoms with E-state index in [1.807, 2.05) is 30.3 Å². The summed E-state index contributed by atoms with van der Waals surface area (Å²) >= 11 is 0. The molecule has 1 aromatic rings. The summed E-state index contributed by atoms with van der Waals surface area (Å²) in [5.74, 6) is -1.14. The third-order valence-corrected chi connectivity index (χ3v) is 3.32. The number of aliphatic carboxylic acids is 1. The van der Waals surface area contributed by atoms with Gasteiger partial charge in [-0.2, -0.15) is 0 Å². The third kappa shape index (κ3) is 3.98. The Morgan fingerprint density at radius 3 is 2.63 bits per heavy atom. The number of nitrogens with one attached hydrogen (secondary N) is 1. The minimum absolute atomic E-state index is 0.0932. The van der Waals surface area contributed by atoms with E-state index in [-0.39, 0.29) is 18.6 Å². The van der Waals surface area contributed by atoms with Crippen LogP contribution >= 0.6 is 0 Å². The molecule has 1 aliphatic rings. The fourth-order valence-corrected chi connectivity index (χ4v) is 2.27. The second-order valence-electron chi connectivity index (χ2n) is 4.75. The van der Waals surface area contributed by atoms with Crippen LogP contribution in [0.15, 0.2) is 30.3 Å². The predicted molar refractivity (Wildman–Crippen MR) is 68.5 cm³/mol. The summed E-state index contributed by atoms with van der Waals surface area (Å²) in [4.78, 5) is 22.4. The first kappa shape index (κ1) is 13.4. The van der Waals surface area contributed by atoms with Crippen molar-refractivity contribution in [1.29, 1.82) is 0 Å². The summed E-state index contributed by atoms with van der Waals surface area (Å²) < 4.78 is 5.09. The van der Waals surface area contributed by atoms with Gasteiger partial charge in [0.25, 0.3) is 0 Å². The largest absolute Gasteiger partial charge is 0.481 e. The van der Waals surface area contributed by atoms with E-state index in [0.29, 0.717) is 19.3 Å². The first-order valence-electron chi connectivity index (χ1n) is 6.35. The molecule has 0 heterocycles. The van der Waals surface area contributed by atoms with Gasteiger partial charge in [0, 0.05) is 6.04 Å². The Kier molecular flexibility index (Phi) is 4.39. The number of carboxylic acid groups (broad SMARTS) is 1. The topological polar surface area (TPSA) is 75.6 Å². The Morgan fingerprint density at radius 2 is 2.00 bits per heavy atom. The van der Waals surface area contributed by atoms with Crippen LogP contribution in [0, 0.1) is 5.92 Å². The molecule has 0 bridgehead atoms. The molecular formula is C14H17NO4. The van der Waals surface area contributed by atoms with E-state index in [1.54, 1.807) is 0 Å². The number of ether oxygens (including phenoxy) is 1. The fourth-order valence-electron chi connectivity index (χ4n) is 2.27. The Bertz CT molecular complexity index is 446. The molecule has 5 nitrogen and oxygen atoms in total. The van der Waals surface area contributed by atoms with Crippen LogP contribution in [0.3, 0.4) is 0 Å². The molecule has 0 saturated heterocycles. The SMILES string of the molecule is O=C(N[C@H]1CC[C@H](C(=O)O)C1)OCc1ccccc1. The summed E-state index contributed by atoms with van der Waals surface area (Å²) in [6.45, 7) is 0.224. The first-order chi connectivity index (χ1) is 9.15. The zero-order valence-electron chi connectivity index (χ0n) is 10.5. The van der Waals surface area contributed by atoms with E-state index in [2.05, 4.69) is 5.32 Å². The number of benzene rings is 1. The van der Waals surface area contributed by atoms with Crippen molar-refractivity contribution in [3.63, 3.8) is 0 Å². The molecule has 1 saturated carbocycles. The molecule has 0 unspecified atom stereocenters. The summed E-state index contributed by atoms with van der Waals surface area (Å²) in [5.41, 5.74) is 0.924. The van der Waals surface area contributed by atoms with E-state index >= 15 is 0 Å². The highest BCUT2D eigenvalue weighted by Gasteiger charge is 2.30. The number of amides is 1. The maximum absolute atomic E-state index is 11.6. The number of carbonyl (C=O) groups is 2. The number of hydrogen-bond acceptors (Lipinski definition) is 3. The monoisotopic (exact) mass is 263 g/mol. The second-order valence-corrected chi connectivity index (χ2v) is 4.75. The van der Waals surface area contributed by atoms with Gasteiger partial charge >= 0.3 is 12.1 Å². The van der Waals surface area contributed by atoms with Crippen LogP contribution in [0.1, 0.15) is 24.8 Å². The van der Waals surface area contributed by atoms with Gasteiger partial charge in [0.15, 0.2) is 0 Å². The highest BCUT2D eigenvalue weighted by Crippen LogP contribution is 2.25. The van der Waals surface area contributed by atoms with Crippen molar-refractivity contribution in [2.45, 2.75) is 31.9 Å². The molecule has 19 heavy (non-hydrogen) atoms. The molecule has 5 heteroatoms. The van der Waals surface area contributed by atoms with E-state index in [4.69, 9.17) is 9.84 Å². The number of carboxylic acids is 1. The first-order valence-corrected chi connectivity index (χ1v) is 6.35. The molecule has 1 aliphatic carbocycles. The van der Waals surface area contributed by atoms with Gasteiger partial charge in [-0.25, -0.2) is 4.79 Å². The lowest BCUT2D eigenvalue weighted by Gasteiger charge is -2.12. The van der Waals surface area contributed by atoms with Crippen molar-refractivity contribution in [3.8, 4) is 0 Å². The molecule has 0 aliphatic heterocycles. The summed E-state index contributed by atoms with van der Waals surface area (Å²) in [5, 5.41) is 11.6. The predicted octanol–water partition coefficient (Wildman–Crippen LogP) is 2.17. The Balaban J connectivity index is 1.72. The van der Waals surface area contributed by atoms with Crippen molar-refractivity contribution in [2.75, 3.05) is 0 Å². The molecule has 0 spiro atoms. The molecule has 2 atom stereocenters. The van der Waals surface area contributed by atoms with Crippen LogP contribution in [-0.2, 0) is 16.1 Å². The molecule has 0 aromatic heterocycles. The number of carbonyl (C=O) groups excluding carboxylic acids is 1. The average molecular weight is 263 g/mol. The number of hydrogen-bond donors (Lipinski definition) is 2. The highest BCUT2D eigenvalue weighted by molar-refractivity contribution is 5.71. The molecule has 102 valence electrons. The molecule has 2 rings (SSSR count). The van der Waals surface area contributed by atoms with Gasteiger partial charge in [-0.3, -0.25) is 4.79 Å². The highest BCUT2D eigenvalue weighted by atomic mass is 16.5. The number of alkyl carbamates (subject to hydrolysis) is 1. The zero-order valence-corrected chi connectivity index (χ0v) is 10.5. The molecule has 2 N–H and O–H groups in total. The van der Waals surface area contributed by atoms with Gasteiger partial charge in [-0.05, 0) is 24.8 Å². The van der Waals surface area contributed by atoms with Gasteiger partial charge in [-0.1, -0.05) is 30.3 Å². The lowest BCUT2D eigenvalue weighted by molar-refractivity contribution is -0.141. The van der Waals surface area contributed by atoms with E-state index in [0.717, 1.165) is 5.56 Å². The minimum atomic E-state index is -0.790. The molecule has 1 amide bonds. The van der Waals surface area contributed by atoms with Crippen molar-refractivity contribution in [3.05, 3.63) is 35.9 Å². The van der Waals surface area contributed by atoms with Crippen LogP contribution in [0.25, 0.3) is 0 Å². The van der Waals surface area contributed by atoms with Crippen LogP contribution in [0.5, 0.6) is 0 Å². The van der Waals surface area contributed by atoms with Gasteiger partial charge in [0.05, 0.1) is 5.92 Å². The van der Waals surface area contributed by atoms with Gasteiger partial charge < -0.3 is 15.2 Å². The van der Waals surface area contributed by atoms with Crippen molar-refractivity contribution >= 4 is 12.1 Å². The van der Waals surface area contributed by atoms with Crippen molar-refractivity contribution < 1.29 is 19.4 Å². The normalized spacial score (nSPS) is 21.9. The Hall–Kier alpha value is -2.04. The standard InChI is InChI=1S/C14H17NO4/c16-13(17)11-6-7-12(8-11)15-14(18)19-9-10-4-2-1-3-5-10/h1-5,11-12H,6-9H2,(H,15,18)(H,16,17)/t11-,12-/m0/s1. The quantitative estimate of drug-likeness (QED) is 0.872. The Labute approximate surface area is 111 Å². The van der Waals surface area contributed by atoms with Crippen LogP contribution < -0.4 is 5.32 Å². The molecular weight excluding hydrogens is 246 g/mol. The van der Waals surface area contributed by atoms with Crippen LogP contribution in [-0.4, -0.2) is 23.2 Å². The zero-order chi connectivity index (χ0) is 13.7. The molecule has 0 radical (unpaired) electrons. The van der Waals surface area contributed by atoms with Gasteiger partial charge in [-0.15, -0.1) is 0 Å². The maximum Gasteiger partial charge on any atom is 0.407 e. The third-order valence-electron chi connectivity index (χ3n) is 3.32. The fraction of sp³-hybridized carbons (Fsp3) is 0.429. The Morgan fingerprint density at radius 1 is 1.26 bits per heavy atom. The van der Waals surface area contributed by atoms with Crippen molar-refractivity contribution in [1.82, 2.24) is 5.32 Å². The summed E-state index contributed by atoms with van der Waals surface area (Å²) in [7, 11) is 0. The molecule has 1 fully saturated rings. The van der Waals surface area contributed by atoms with E-state index < -0.39 is 12.1 Å². The van der Waals surface area contributed by atoms with Gasteiger partial charge in [0.2, 0.25) is 0 Å². The van der Waals surface area contributed by atoms with Crippen LogP contribution in [0.4, 0.5) is 4.79 Å². The smallest absolute Gasteiger partial charge is 0.407 e. The van der Waals surface area contributed by atoms with Gasteiger partial charge in [0.1, 0.15) is 6.61 Å². The molecule has 1 aromatic carbocycles. The number of rotatable bonds is 4. The van der Waals surface area contributed by atoms with E-state index in [1.165, 1.54) is 0 Å². The summed E-state index contributed by atoms with van der Waals surface area (Å²) in [6, 6.07) is 9.32. The van der Waals surface area contributed by atoms with Crippen LogP contribution in [0.2, 0.25) is 0 Å². The lowest BCUT2D eigenvalue weighted by Crippen LogP contribution is -2.33. The minimum Gasteiger partial charge on any atom is -0.481 e. The summed E-state index contributed by atoms with van der Waals surface area (Å²) in [6.07, 6.45) is 1.30.